The number of carbonyl (C=O) groups is 2. The maximum Gasteiger partial charge on any atom is 0.255 e. The molecule has 0 aliphatic carbocycles. The largest absolute Gasteiger partial charge is 0.469 e. The molecule has 4 aromatic rings. The molecule has 0 spiro atoms. The van der Waals surface area contributed by atoms with E-state index in [0.29, 0.717) is 35.7 Å². The molecule has 0 unspecified atom stereocenters. The summed E-state index contributed by atoms with van der Waals surface area (Å²) in [5, 5.41) is 9.89. The lowest BCUT2D eigenvalue weighted by molar-refractivity contribution is -0.121. The van der Waals surface area contributed by atoms with Crippen molar-refractivity contribution < 1.29 is 23.5 Å². The zero-order valence-electron chi connectivity index (χ0n) is 18.8. The van der Waals surface area contributed by atoms with E-state index in [1.807, 2.05) is 30.3 Å². The van der Waals surface area contributed by atoms with Crippen molar-refractivity contribution in [3.63, 3.8) is 0 Å². The van der Waals surface area contributed by atoms with Crippen molar-refractivity contribution in [3.05, 3.63) is 96.2 Å². The minimum atomic E-state index is -0.308. The Kier molecular flexibility index (Phi) is 6.47. The average Bonchev–Trinajstić information content (AvgIpc) is 3.64. The van der Waals surface area contributed by atoms with Crippen LogP contribution in [0.15, 0.2) is 83.7 Å². The molecular formula is C26H24N4O5. The number of amides is 2. The van der Waals surface area contributed by atoms with Gasteiger partial charge in [-0.15, -0.1) is 0 Å². The summed E-state index contributed by atoms with van der Waals surface area (Å²) in [6.07, 6.45) is 5.46. The van der Waals surface area contributed by atoms with Gasteiger partial charge in [-0.05, 0) is 42.3 Å². The standard InChI is InChI=1S/C26H24N4O5/c31-25(27-11-10-21(22-7-4-12-33-22)18-5-2-1-3-6-18)16-30-15-20(14-28-30)29-26(32)19-8-9-23-24(13-19)35-17-34-23/h1-9,12-15,21H,10-11,16-17H2,(H,27,31)(H,29,32)/t21-/m1/s1. The van der Waals surface area contributed by atoms with Gasteiger partial charge < -0.3 is 24.5 Å². The first-order chi connectivity index (χ1) is 17.2. The summed E-state index contributed by atoms with van der Waals surface area (Å²) in [7, 11) is 0. The van der Waals surface area contributed by atoms with Gasteiger partial charge in [0.15, 0.2) is 11.5 Å². The zero-order valence-corrected chi connectivity index (χ0v) is 18.8. The number of furan rings is 1. The molecule has 9 nitrogen and oxygen atoms in total. The second-order valence-corrected chi connectivity index (χ2v) is 8.07. The molecule has 5 rings (SSSR count). The van der Waals surface area contributed by atoms with E-state index in [0.717, 1.165) is 11.3 Å². The Morgan fingerprint density at radius 1 is 1.03 bits per heavy atom. The normalized spacial score (nSPS) is 12.8. The monoisotopic (exact) mass is 472 g/mol. The smallest absolute Gasteiger partial charge is 0.255 e. The van der Waals surface area contributed by atoms with Gasteiger partial charge in [-0.3, -0.25) is 14.3 Å². The summed E-state index contributed by atoms with van der Waals surface area (Å²) >= 11 is 0. The fourth-order valence-corrected chi connectivity index (χ4v) is 3.96. The number of benzene rings is 2. The Hall–Kier alpha value is -4.53. The predicted octanol–water partition coefficient (Wildman–Crippen LogP) is 3.80. The van der Waals surface area contributed by atoms with E-state index in [9.17, 15) is 9.59 Å². The summed E-state index contributed by atoms with van der Waals surface area (Å²) < 4.78 is 17.7. The van der Waals surface area contributed by atoms with Gasteiger partial charge >= 0.3 is 0 Å². The molecule has 2 aromatic heterocycles. The van der Waals surface area contributed by atoms with Gasteiger partial charge in [-0.2, -0.15) is 5.10 Å². The van der Waals surface area contributed by atoms with Crippen molar-refractivity contribution in [2.45, 2.75) is 18.9 Å². The molecule has 0 saturated carbocycles. The summed E-state index contributed by atoms with van der Waals surface area (Å²) in [5.41, 5.74) is 2.05. The third-order valence-corrected chi connectivity index (χ3v) is 5.68. The number of carbonyl (C=O) groups excluding carboxylic acids is 2. The van der Waals surface area contributed by atoms with Gasteiger partial charge in [0.25, 0.3) is 5.91 Å². The maximum atomic E-state index is 12.5. The number of hydrogen-bond donors (Lipinski definition) is 2. The highest BCUT2D eigenvalue weighted by Gasteiger charge is 2.18. The fourth-order valence-electron chi connectivity index (χ4n) is 3.96. The molecule has 178 valence electrons. The van der Waals surface area contributed by atoms with E-state index < -0.39 is 0 Å². The molecule has 1 atom stereocenters. The molecule has 3 heterocycles. The van der Waals surface area contributed by atoms with Gasteiger partial charge in [-0.25, -0.2) is 0 Å². The third kappa shape index (κ3) is 5.35. The van der Waals surface area contributed by atoms with Crippen LogP contribution in [0.4, 0.5) is 5.69 Å². The van der Waals surface area contributed by atoms with Crippen LogP contribution in [-0.4, -0.2) is 34.9 Å². The van der Waals surface area contributed by atoms with Gasteiger partial charge in [-0.1, -0.05) is 30.3 Å². The van der Waals surface area contributed by atoms with E-state index in [4.69, 9.17) is 13.9 Å². The van der Waals surface area contributed by atoms with Crippen molar-refractivity contribution in [1.29, 1.82) is 0 Å². The maximum absolute atomic E-state index is 12.5. The van der Waals surface area contributed by atoms with Crippen LogP contribution in [0, 0.1) is 0 Å². The summed E-state index contributed by atoms with van der Waals surface area (Å²) in [5.74, 6) is 1.57. The highest BCUT2D eigenvalue weighted by molar-refractivity contribution is 6.04. The molecule has 0 radical (unpaired) electrons. The quantitative estimate of drug-likeness (QED) is 0.384. The van der Waals surface area contributed by atoms with Crippen molar-refractivity contribution in [1.82, 2.24) is 15.1 Å². The van der Waals surface area contributed by atoms with Crippen molar-refractivity contribution in [3.8, 4) is 11.5 Å². The average molecular weight is 473 g/mol. The topological polar surface area (TPSA) is 108 Å². The first kappa shape index (κ1) is 22.3. The predicted molar refractivity (Wildman–Crippen MR) is 127 cm³/mol. The number of nitrogens with zero attached hydrogens (tertiary/aromatic N) is 2. The highest BCUT2D eigenvalue weighted by Crippen LogP contribution is 2.32. The summed E-state index contributed by atoms with van der Waals surface area (Å²) in [6.45, 7) is 0.662. The molecule has 2 N–H and O–H groups in total. The van der Waals surface area contributed by atoms with Gasteiger partial charge in [0, 0.05) is 24.2 Å². The van der Waals surface area contributed by atoms with E-state index in [2.05, 4.69) is 27.9 Å². The summed E-state index contributed by atoms with van der Waals surface area (Å²) in [6, 6.07) is 18.9. The number of anilines is 1. The fraction of sp³-hybridized carbons (Fsp3) is 0.192. The number of hydrogen-bond acceptors (Lipinski definition) is 6. The molecule has 2 amide bonds. The number of rotatable bonds is 9. The van der Waals surface area contributed by atoms with Crippen LogP contribution in [0.3, 0.4) is 0 Å². The van der Waals surface area contributed by atoms with Crippen molar-refractivity contribution in [2.24, 2.45) is 0 Å². The first-order valence-electron chi connectivity index (χ1n) is 11.2. The molecule has 0 fully saturated rings. The van der Waals surface area contributed by atoms with Crippen LogP contribution in [0.1, 0.15) is 34.0 Å². The van der Waals surface area contributed by atoms with Crippen LogP contribution < -0.4 is 20.1 Å². The molecule has 0 saturated heterocycles. The molecule has 9 heteroatoms. The number of ether oxygens (including phenoxy) is 2. The molecular weight excluding hydrogens is 448 g/mol. The lowest BCUT2D eigenvalue weighted by atomic mass is 9.93. The number of nitrogens with one attached hydrogen (secondary N) is 2. The first-order valence-corrected chi connectivity index (χ1v) is 11.2. The Morgan fingerprint density at radius 2 is 1.89 bits per heavy atom. The Bertz CT molecular complexity index is 1300. The van der Waals surface area contributed by atoms with Crippen molar-refractivity contribution >= 4 is 17.5 Å². The Balaban J connectivity index is 1.12. The van der Waals surface area contributed by atoms with Crippen LogP contribution in [0.5, 0.6) is 11.5 Å². The molecule has 1 aliphatic rings. The highest BCUT2D eigenvalue weighted by atomic mass is 16.7. The Labute approximate surface area is 201 Å². The van der Waals surface area contributed by atoms with E-state index in [1.54, 1.807) is 30.7 Å². The van der Waals surface area contributed by atoms with E-state index >= 15 is 0 Å². The van der Waals surface area contributed by atoms with Gasteiger partial charge in [0.05, 0.1) is 18.1 Å². The van der Waals surface area contributed by atoms with Crippen LogP contribution in [0.2, 0.25) is 0 Å². The van der Waals surface area contributed by atoms with Gasteiger partial charge in [0.1, 0.15) is 12.3 Å². The molecule has 1 aliphatic heterocycles. The minimum Gasteiger partial charge on any atom is -0.469 e. The zero-order chi connectivity index (χ0) is 24.0. The van der Waals surface area contributed by atoms with Crippen LogP contribution >= 0.6 is 0 Å². The minimum absolute atomic E-state index is 0.0383. The molecule has 0 bridgehead atoms. The SMILES string of the molecule is O=C(Cn1cc(NC(=O)c2ccc3c(c2)OCO3)cn1)NCC[C@H](c1ccccc1)c1ccco1. The van der Waals surface area contributed by atoms with Crippen LogP contribution in [-0.2, 0) is 11.3 Å². The van der Waals surface area contributed by atoms with Crippen molar-refractivity contribution in [2.75, 3.05) is 18.7 Å². The molecule has 35 heavy (non-hydrogen) atoms. The number of fused-ring (bicyclic) bond motifs is 1. The third-order valence-electron chi connectivity index (χ3n) is 5.68. The Morgan fingerprint density at radius 3 is 2.71 bits per heavy atom. The molecule has 2 aromatic carbocycles. The lowest BCUT2D eigenvalue weighted by Gasteiger charge is -2.15. The van der Waals surface area contributed by atoms with Gasteiger partial charge in [0.2, 0.25) is 12.7 Å². The van der Waals surface area contributed by atoms with E-state index in [-0.39, 0.29) is 31.1 Å². The lowest BCUT2D eigenvalue weighted by Crippen LogP contribution is -2.29. The summed E-state index contributed by atoms with van der Waals surface area (Å²) in [4.78, 5) is 25.0. The second-order valence-electron chi connectivity index (χ2n) is 8.07. The number of aromatic nitrogens is 2. The van der Waals surface area contributed by atoms with E-state index in [1.165, 1.54) is 10.9 Å². The van der Waals surface area contributed by atoms with Crippen LogP contribution in [0.25, 0.3) is 0 Å². The second kappa shape index (κ2) is 10.2.